The van der Waals surface area contributed by atoms with E-state index in [9.17, 15) is 0 Å². The van der Waals surface area contributed by atoms with E-state index in [2.05, 4.69) is 41.1 Å². The van der Waals surface area contributed by atoms with Gasteiger partial charge in [0.25, 0.3) is 0 Å². The third kappa shape index (κ3) is 4.29. The quantitative estimate of drug-likeness (QED) is 0.579. The molecule has 0 aromatic heterocycles. The second-order valence-electron chi connectivity index (χ2n) is 6.67. The maximum absolute atomic E-state index is 3.47. The first-order chi connectivity index (χ1) is 9.81. The molecule has 1 N–H and O–H groups in total. The van der Waals surface area contributed by atoms with E-state index in [1.807, 2.05) is 0 Å². The summed E-state index contributed by atoms with van der Waals surface area (Å²) < 4.78 is 2.45. The number of hydrogen-bond acceptors (Lipinski definition) is 4. The molecule has 4 nitrogen and oxygen atoms in total. The van der Waals surface area contributed by atoms with E-state index in [4.69, 9.17) is 0 Å². The minimum atomic E-state index is 0.863. The largest absolute Gasteiger partial charge is 0.317 e. The molecule has 0 aromatic rings. The molecule has 0 unspecified atom stereocenters. The molecule has 0 amide bonds. The smallest absolute Gasteiger partial charge is 0.0201 e. The number of halogens is 1. The van der Waals surface area contributed by atoms with Crippen LogP contribution in [0.4, 0.5) is 0 Å². The van der Waals surface area contributed by atoms with Crippen molar-refractivity contribution in [3.05, 3.63) is 0 Å². The van der Waals surface area contributed by atoms with Crippen LogP contribution in [0.5, 0.6) is 0 Å². The molecule has 20 heavy (non-hydrogen) atoms. The van der Waals surface area contributed by atoms with Gasteiger partial charge in [0.15, 0.2) is 0 Å². The normalized spacial score (nSPS) is 29.9. The highest BCUT2D eigenvalue weighted by molar-refractivity contribution is 14.1. The predicted molar refractivity (Wildman–Crippen MR) is 92.2 cm³/mol. The highest BCUT2D eigenvalue weighted by atomic mass is 127. The molecule has 3 aliphatic rings. The van der Waals surface area contributed by atoms with Crippen molar-refractivity contribution >= 4 is 22.9 Å². The lowest BCUT2D eigenvalue weighted by Crippen LogP contribution is -2.53. The van der Waals surface area contributed by atoms with Crippen molar-refractivity contribution < 1.29 is 0 Å². The Balaban J connectivity index is 1.38. The van der Waals surface area contributed by atoms with Gasteiger partial charge in [0.05, 0.1) is 0 Å². The molecule has 0 bridgehead atoms. The molecule has 3 aliphatic heterocycles. The zero-order chi connectivity index (χ0) is 13.8. The zero-order valence-electron chi connectivity index (χ0n) is 12.6. The van der Waals surface area contributed by atoms with Gasteiger partial charge in [-0.25, -0.2) is 3.11 Å². The molecule has 3 heterocycles. The number of rotatable bonds is 3. The van der Waals surface area contributed by atoms with Crippen molar-refractivity contribution in [3.63, 3.8) is 0 Å². The number of hydrogen-bond donors (Lipinski definition) is 1. The van der Waals surface area contributed by atoms with Gasteiger partial charge >= 0.3 is 0 Å². The van der Waals surface area contributed by atoms with E-state index in [0.717, 1.165) is 12.0 Å². The first-order valence-corrected chi connectivity index (χ1v) is 9.35. The zero-order valence-corrected chi connectivity index (χ0v) is 14.7. The van der Waals surface area contributed by atoms with Crippen LogP contribution in [0.25, 0.3) is 0 Å². The SMILES string of the molecule is IN1CCC(N2CCN(CC3CCNCC3)CC2)CC1. The van der Waals surface area contributed by atoms with Crippen molar-refractivity contribution in [1.82, 2.24) is 18.2 Å². The minimum Gasteiger partial charge on any atom is -0.317 e. The summed E-state index contributed by atoms with van der Waals surface area (Å²) in [4.78, 5) is 5.49. The Kier molecular flexibility index (Phi) is 5.97. The summed E-state index contributed by atoms with van der Waals surface area (Å²) >= 11 is 2.47. The molecule has 0 spiro atoms. The summed E-state index contributed by atoms with van der Waals surface area (Å²) in [5.74, 6) is 0.949. The Hall–Kier alpha value is 0.570. The lowest BCUT2D eigenvalue weighted by Gasteiger charge is -2.42. The Bertz CT molecular complexity index is 280. The Labute approximate surface area is 137 Å². The Morgan fingerprint density at radius 1 is 0.850 bits per heavy atom. The Morgan fingerprint density at radius 3 is 2.15 bits per heavy atom. The van der Waals surface area contributed by atoms with Crippen molar-refractivity contribution in [2.45, 2.75) is 31.7 Å². The van der Waals surface area contributed by atoms with Gasteiger partial charge in [-0.3, -0.25) is 4.90 Å². The molecule has 116 valence electrons. The van der Waals surface area contributed by atoms with Crippen LogP contribution in [0, 0.1) is 5.92 Å². The highest BCUT2D eigenvalue weighted by Crippen LogP contribution is 2.21. The van der Waals surface area contributed by atoms with Gasteiger partial charge in [-0.1, -0.05) is 0 Å². The average molecular weight is 392 g/mol. The number of nitrogens with zero attached hydrogens (tertiary/aromatic N) is 3. The molecule has 0 atom stereocenters. The second-order valence-corrected chi connectivity index (χ2v) is 8.04. The van der Waals surface area contributed by atoms with Crippen molar-refractivity contribution in [2.24, 2.45) is 5.92 Å². The van der Waals surface area contributed by atoms with Crippen molar-refractivity contribution in [2.75, 3.05) is 58.9 Å². The summed E-state index contributed by atoms with van der Waals surface area (Å²) in [5.41, 5.74) is 0. The van der Waals surface area contributed by atoms with Crippen LogP contribution < -0.4 is 5.32 Å². The summed E-state index contributed by atoms with van der Waals surface area (Å²) in [5, 5.41) is 3.47. The van der Waals surface area contributed by atoms with Crippen LogP contribution in [0.15, 0.2) is 0 Å². The van der Waals surface area contributed by atoms with Crippen molar-refractivity contribution in [1.29, 1.82) is 0 Å². The van der Waals surface area contributed by atoms with Gasteiger partial charge in [-0.15, -0.1) is 0 Å². The molecule has 0 radical (unpaired) electrons. The number of nitrogens with one attached hydrogen (secondary N) is 1. The topological polar surface area (TPSA) is 21.8 Å². The number of piperidine rings is 2. The van der Waals surface area contributed by atoms with Crippen LogP contribution in [-0.2, 0) is 0 Å². The fourth-order valence-corrected chi connectivity index (χ4v) is 4.50. The molecule has 0 saturated carbocycles. The molecule has 3 rings (SSSR count). The molecular weight excluding hydrogens is 363 g/mol. The van der Waals surface area contributed by atoms with E-state index in [0.29, 0.717) is 0 Å². The van der Waals surface area contributed by atoms with Crippen molar-refractivity contribution in [3.8, 4) is 0 Å². The van der Waals surface area contributed by atoms with E-state index in [1.165, 1.54) is 84.6 Å². The molecule has 5 heteroatoms. The minimum absolute atomic E-state index is 0.863. The molecular formula is C15H29IN4. The van der Waals surface area contributed by atoms with E-state index >= 15 is 0 Å². The van der Waals surface area contributed by atoms with Crippen LogP contribution in [-0.4, -0.2) is 77.9 Å². The fraction of sp³-hybridized carbons (Fsp3) is 1.00. The molecule has 0 aliphatic carbocycles. The van der Waals surface area contributed by atoms with Crippen LogP contribution in [0.1, 0.15) is 25.7 Å². The van der Waals surface area contributed by atoms with Gasteiger partial charge in [-0.2, -0.15) is 0 Å². The van der Waals surface area contributed by atoms with E-state index < -0.39 is 0 Å². The average Bonchev–Trinajstić information content (AvgIpc) is 2.50. The monoisotopic (exact) mass is 392 g/mol. The predicted octanol–water partition coefficient (Wildman–Crippen LogP) is 1.42. The maximum Gasteiger partial charge on any atom is 0.0201 e. The number of piperazine rings is 1. The summed E-state index contributed by atoms with van der Waals surface area (Å²) in [6.45, 7) is 11.6. The first-order valence-electron chi connectivity index (χ1n) is 8.39. The lowest BCUT2D eigenvalue weighted by molar-refractivity contribution is 0.0652. The van der Waals surface area contributed by atoms with Crippen LogP contribution in [0.2, 0.25) is 0 Å². The highest BCUT2D eigenvalue weighted by Gasteiger charge is 2.27. The summed E-state index contributed by atoms with van der Waals surface area (Å²) in [6.07, 6.45) is 5.51. The third-order valence-electron chi connectivity index (χ3n) is 5.31. The second kappa shape index (κ2) is 7.72. The molecule has 0 aromatic carbocycles. The van der Waals surface area contributed by atoms with Gasteiger partial charge in [0.2, 0.25) is 0 Å². The van der Waals surface area contributed by atoms with Crippen LogP contribution >= 0.6 is 22.9 Å². The van der Waals surface area contributed by atoms with Gasteiger partial charge < -0.3 is 10.2 Å². The lowest BCUT2D eigenvalue weighted by atomic mass is 9.97. The third-order valence-corrected chi connectivity index (χ3v) is 6.27. The van der Waals surface area contributed by atoms with Gasteiger partial charge in [-0.05, 0) is 44.7 Å². The molecule has 3 saturated heterocycles. The Morgan fingerprint density at radius 2 is 1.50 bits per heavy atom. The van der Waals surface area contributed by atoms with Gasteiger partial charge in [0.1, 0.15) is 0 Å². The first kappa shape index (κ1) is 15.5. The van der Waals surface area contributed by atoms with E-state index in [1.54, 1.807) is 0 Å². The van der Waals surface area contributed by atoms with E-state index in [-0.39, 0.29) is 0 Å². The summed E-state index contributed by atoms with van der Waals surface area (Å²) in [7, 11) is 0. The molecule has 3 fully saturated rings. The van der Waals surface area contributed by atoms with Crippen LogP contribution in [0.3, 0.4) is 0 Å². The summed E-state index contributed by atoms with van der Waals surface area (Å²) in [6, 6.07) is 0.863. The fourth-order valence-electron chi connectivity index (χ4n) is 3.94. The standard InChI is InChI=1S/C15H29IN4/c16-20-7-3-15(4-8-20)19-11-9-18(10-12-19)13-14-1-5-17-6-2-14/h14-15,17H,1-13H2. The maximum atomic E-state index is 3.47. The van der Waals surface area contributed by atoms with Gasteiger partial charge in [0, 0.05) is 74.7 Å².